The monoisotopic (exact) mass is 253 g/mol. The summed E-state index contributed by atoms with van der Waals surface area (Å²) in [6.07, 6.45) is 3.65. The molecule has 6 heteroatoms. The van der Waals surface area contributed by atoms with E-state index in [2.05, 4.69) is 18.9 Å². The van der Waals surface area contributed by atoms with Crippen LogP contribution in [0.15, 0.2) is 12.3 Å². The molecule has 0 radical (unpaired) electrons. The summed E-state index contributed by atoms with van der Waals surface area (Å²) in [5.74, 6) is -1.41. The second kappa shape index (κ2) is 6.18. The molecule has 0 aromatic carbocycles. The zero-order valence-corrected chi connectivity index (χ0v) is 11.0. The van der Waals surface area contributed by atoms with E-state index in [-0.39, 0.29) is 24.2 Å². The van der Waals surface area contributed by atoms with Gasteiger partial charge in [0, 0.05) is 13.2 Å². The van der Waals surface area contributed by atoms with Crippen LogP contribution < -0.4 is 0 Å². The number of carboxylic acids is 1. The van der Waals surface area contributed by atoms with Gasteiger partial charge >= 0.3 is 5.97 Å². The smallest absolute Gasteiger partial charge is 0.323 e. The van der Waals surface area contributed by atoms with Crippen molar-refractivity contribution in [2.45, 2.75) is 32.7 Å². The Morgan fingerprint density at radius 3 is 2.56 bits per heavy atom. The minimum Gasteiger partial charge on any atom is -0.480 e. The van der Waals surface area contributed by atoms with Crippen molar-refractivity contribution in [2.75, 3.05) is 13.6 Å². The molecular formula is C12H19N3O3. The number of aromatic nitrogens is 2. The Balaban J connectivity index is 2.79. The van der Waals surface area contributed by atoms with Crippen LogP contribution in [0, 0.1) is 0 Å². The summed E-state index contributed by atoms with van der Waals surface area (Å²) in [5, 5.41) is 12.8. The zero-order valence-electron chi connectivity index (χ0n) is 11.0. The Labute approximate surface area is 106 Å². The summed E-state index contributed by atoms with van der Waals surface area (Å²) in [4.78, 5) is 23.6. The Bertz CT molecular complexity index is 424. The molecule has 0 unspecified atom stereocenters. The molecule has 1 amide bonds. The maximum absolute atomic E-state index is 11.9. The number of carbonyl (C=O) groups excluding carboxylic acids is 1. The van der Waals surface area contributed by atoms with Crippen molar-refractivity contribution in [1.82, 2.24) is 14.7 Å². The van der Waals surface area contributed by atoms with Crippen LogP contribution in [0.4, 0.5) is 0 Å². The predicted molar refractivity (Wildman–Crippen MR) is 66.4 cm³/mol. The van der Waals surface area contributed by atoms with Gasteiger partial charge in [-0.2, -0.15) is 5.10 Å². The summed E-state index contributed by atoms with van der Waals surface area (Å²) in [7, 11) is 1.45. The number of carboxylic acid groups (broad SMARTS) is 1. The van der Waals surface area contributed by atoms with Gasteiger partial charge in [-0.05, 0) is 18.9 Å². The summed E-state index contributed by atoms with van der Waals surface area (Å²) < 4.78 is 1.77. The van der Waals surface area contributed by atoms with Gasteiger partial charge in [-0.3, -0.25) is 14.3 Å². The van der Waals surface area contributed by atoms with Crippen LogP contribution >= 0.6 is 0 Å². The molecule has 1 rings (SSSR count). The van der Waals surface area contributed by atoms with Crippen molar-refractivity contribution in [3.8, 4) is 0 Å². The summed E-state index contributed by atoms with van der Waals surface area (Å²) >= 11 is 0. The third-order valence-corrected chi connectivity index (χ3v) is 2.86. The highest BCUT2D eigenvalue weighted by Crippen LogP contribution is 2.14. The molecular weight excluding hydrogens is 234 g/mol. The minimum absolute atomic E-state index is 0.274. The van der Waals surface area contributed by atoms with Crippen LogP contribution in [0.1, 0.15) is 43.2 Å². The van der Waals surface area contributed by atoms with Gasteiger partial charge in [-0.25, -0.2) is 0 Å². The minimum atomic E-state index is -1.04. The number of carbonyl (C=O) groups is 2. The van der Waals surface area contributed by atoms with Gasteiger partial charge in [0.2, 0.25) is 0 Å². The van der Waals surface area contributed by atoms with E-state index >= 15 is 0 Å². The Morgan fingerprint density at radius 2 is 2.06 bits per heavy atom. The number of amides is 1. The van der Waals surface area contributed by atoms with Gasteiger partial charge in [0.15, 0.2) is 0 Å². The third kappa shape index (κ3) is 3.32. The molecule has 1 aromatic rings. The first-order chi connectivity index (χ1) is 8.49. The Morgan fingerprint density at radius 1 is 1.44 bits per heavy atom. The van der Waals surface area contributed by atoms with E-state index in [1.807, 2.05) is 0 Å². The zero-order chi connectivity index (χ0) is 13.7. The largest absolute Gasteiger partial charge is 0.480 e. The molecule has 1 heterocycles. The molecule has 0 atom stereocenters. The van der Waals surface area contributed by atoms with Gasteiger partial charge in [-0.1, -0.05) is 13.8 Å². The average Bonchev–Trinajstić information content (AvgIpc) is 2.78. The predicted octanol–water partition coefficient (Wildman–Crippen LogP) is 1.40. The molecule has 0 bridgehead atoms. The van der Waals surface area contributed by atoms with E-state index in [1.165, 1.54) is 7.05 Å². The van der Waals surface area contributed by atoms with Gasteiger partial charge in [0.1, 0.15) is 12.2 Å². The topological polar surface area (TPSA) is 75.4 Å². The van der Waals surface area contributed by atoms with Gasteiger partial charge in [0.25, 0.3) is 5.91 Å². The first kappa shape index (κ1) is 14.2. The van der Waals surface area contributed by atoms with E-state index in [9.17, 15) is 9.59 Å². The number of rotatable bonds is 6. The van der Waals surface area contributed by atoms with Crippen LogP contribution in [0.3, 0.4) is 0 Å². The average molecular weight is 253 g/mol. The molecule has 0 aliphatic carbocycles. The van der Waals surface area contributed by atoms with Crippen LogP contribution in [0.25, 0.3) is 0 Å². The van der Waals surface area contributed by atoms with E-state index in [4.69, 9.17) is 5.11 Å². The fourth-order valence-electron chi connectivity index (χ4n) is 1.79. The van der Waals surface area contributed by atoms with Gasteiger partial charge in [-0.15, -0.1) is 0 Å². The molecule has 0 saturated heterocycles. The molecule has 1 aromatic heterocycles. The highest BCUT2D eigenvalue weighted by Gasteiger charge is 2.18. The van der Waals surface area contributed by atoms with Gasteiger partial charge < -0.3 is 10.0 Å². The van der Waals surface area contributed by atoms with Crippen molar-refractivity contribution in [3.05, 3.63) is 18.0 Å². The molecule has 100 valence electrons. The van der Waals surface area contributed by atoms with E-state index in [1.54, 1.807) is 16.9 Å². The number of nitrogens with zero attached hydrogens (tertiary/aromatic N) is 3. The second-order valence-corrected chi connectivity index (χ2v) is 4.21. The third-order valence-electron chi connectivity index (χ3n) is 2.86. The fraction of sp³-hybridized carbons (Fsp3) is 0.583. The molecule has 0 fully saturated rings. The lowest BCUT2D eigenvalue weighted by Gasteiger charge is -2.14. The lowest BCUT2D eigenvalue weighted by molar-refractivity contribution is -0.137. The second-order valence-electron chi connectivity index (χ2n) is 4.21. The maximum Gasteiger partial charge on any atom is 0.323 e. The van der Waals surface area contributed by atoms with Crippen molar-refractivity contribution in [2.24, 2.45) is 0 Å². The number of hydrogen-bond acceptors (Lipinski definition) is 3. The van der Waals surface area contributed by atoms with Crippen LogP contribution in [0.2, 0.25) is 0 Å². The molecule has 6 nitrogen and oxygen atoms in total. The van der Waals surface area contributed by atoms with Crippen molar-refractivity contribution >= 4 is 11.9 Å². The van der Waals surface area contributed by atoms with Crippen LogP contribution in [-0.2, 0) is 4.79 Å². The maximum atomic E-state index is 11.9. The van der Waals surface area contributed by atoms with Crippen molar-refractivity contribution in [3.63, 3.8) is 0 Å². The molecule has 0 saturated carbocycles. The molecule has 0 aliphatic heterocycles. The fourth-order valence-corrected chi connectivity index (χ4v) is 1.79. The SMILES string of the molecule is CCC(CC)n1ccc(C(=O)N(C)CC(=O)O)n1. The highest BCUT2D eigenvalue weighted by molar-refractivity contribution is 5.93. The number of hydrogen-bond donors (Lipinski definition) is 1. The van der Waals surface area contributed by atoms with E-state index in [0.717, 1.165) is 17.7 Å². The quantitative estimate of drug-likeness (QED) is 0.831. The van der Waals surface area contributed by atoms with Gasteiger partial charge in [0.05, 0.1) is 6.04 Å². The first-order valence-electron chi connectivity index (χ1n) is 6.02. The first-order valence-corrected chi connectivity index (χ1v) is 6.02. The Hall–Kier alpha value is -1.85. The number of likely N-dealkylation sites (N-methyl/N-ethyl adjacent to an activating group) is 1. The number of aliphatic carboxylic acids is 1. The Kier molecular flexibility index (Phi) is 4.88. The summed E-state index contributed by atoms with van der Waals surface area (Å²) in [6.45, 7) is 3.80. The standard InChI is InChI=1S/C12H19N3O3/c1-4-9(5-2)15-7-6-10(13-15)12(18)14(3)8-11(16)17/h6-7,9H,4-5,8H2,1-3H3,(H,16,17). The lowest BCUT2D eigenvalue weighted by Crippen LogP contribution is -2.32. The van der Waals surface area contributed by atoms with Crippen molar-refractivity contribution < 1.29 is 14.7 Å². The summed E-state index contributed by atoms with van der Waals surface area (Å²) in [5.41, 5.74) is 0.283. The summed E-state index contributed by atoms with van der Waals surface area (Å²) in [6, 6.07) is 1.90. The normalized spacial score (nSPS) is 10.7. The molecule has 1 N–H and O–H groups in total. The van der Waals surface area contributed by atoms with Crippen molar-refractivity contribution in [1.29, 1.82) is 0 Å². The van der Waals surface area contributed by atoms with E-state index < -0.39 is 5.97 Å². The molecule has 0 spiro atoms. The highest BCUT2D eigenvalue weighted by atomic mass is 16.4. The van der Waals surface area contributed by atoms with Crippen LogP contribution in [0.5, 0.6) is 0 Å². The van der Waals surface area contributed by atoms with E-state index in [0.29, 0.717) is 0 Å². The molecule has 18 heavy (non-hydrogen) atoms. The lowest BCUT2D eigenvalue weighted by atomic mass is 10.2. The molecule has 0 aliphatic rings. The van der Waals surface area contributed by atoms with Crippen LogP contribution in [-0.4, -0.2) is 45.3 Å².